The number of nitrogens with one attached hydrogen (secondary N) is 1. The zero-order valence-electron chi connectivity index (χ0n) is 16.2. The van der Waals surface area contributed by atoms with Gasteiger partial charge in [0.05, 0.1) is 18.8 Å². The summed E-state index contributed by atoms with van der Waals surface area (Å²) in [5, 5.41) is 9.36. The maximum Gasteiger partial charge on any atom is 0.277 e. The summed E-state index contributed by atoms with van der Waals surface area (Å²) in [4.78, 5) is 18.3. The number of ether oxygens (including phenoxy) is 1. The van der Waals surface area contributed by atoms with Crippen LogP contribution < -0.4 is 0 Å². The van der Waals surface area contributed by atoms with Crippen molar-refractivity contribution in [3.05, 3.63) is 66.4 Å². The number of nitrogens with zero attached hydrogens (tertiary/aromatic N) is 3. The third-order valence-corrected chi connectivity index (χ3v) is 6.17. The van der Waals surface area contributed by atoms with Gasteiger partial charge in [-0.2, -0.15) is 0 Å². The number of hydrogen-bond donors (Lipinski definition) is 1. The predicted molar refractivity (Wildman–Crippen MR) is 114 cm³/mol. The Bertz CT molecular complexity index is 1150. The van der Waals surface area contributed by atoms with Crippen molar-refractivity contribution in [2.75, 3.05) is 26.3 Å². The summed E-state index contributed by atoms with van der Waals surface area (Å²) < 4.78 is 11.3. The van der Waals surface area contributed by atoms with E-state index in [1.165, 1.54) is 11.8 Å². The SMILES string of the molecule is O=C(C(Sc1nnc(-c2c[nH]c3ccccc23)o1)c1ccccc1)N1CCOCC1. The van der Waals surface area contributed by atoms with E-state index in [9.17, 15) is 4.79 Å². The smallest absolute Gasteiger partial charge is 0.277 e. The van der Waals surface area contributed by atoms with Crippen LogP contribution in [0.3, 0.4) is 0 Å². The third-order valence-electron chi connectivity index (χ3n) is 5.09. The minimum absolute atomic E-state index is 0.0290. The first-order valence-corrected chi connectivity index (χ1v) is 10.7. The predicted octanol–water partition coefficient (Wildman–Crippen LogP) is 3.91. The Morgan fingerprint density at radius 2 is 1.80 bits per heavy atom. The van der Waals surface area contributed by atoms with Gasteiger partial charge in [0.25, 0.3) is 11.1 Å². The number of para-hydroxylation sites is 1. The van der Waals surface area contributed by atoms with E-state index in [0.29, 0.717) is 37.4 Å². The molecule has 7 nitrogen and oxygen atoms in total. The van der Waals surface area contributed by atoms with Crippen LogP contribution in [0.4, 0.5) is 0 Å². The van der Waals surface area contributed by atoms with Gasteiger partial charge in [0.15, 0.2) is 0 Å². The van der Waals surface area contributed by atoms with Crippen molar-refractivity contribution in [1.29, 1.82) is 0 Å². The first-order chi connectivity index (χ1) is 14.8. The molecule has 152 valence electrons. The quantitative estimate of drug-likeness (QED) is 0.493. The van der Waals surface area contributed by atoms with Crippen LogP contribution in [0.2, 0.25) is 0 Å². The maximum atomic E-state index is 13.3. The summed E-state index contributed by atoms with van der Waals surface area (Å²) in [6.45, 7) is 2.30. The van der Waals surface area contributed by atoms with E-state index < -0.39 is 5.25 Å². The largest absolute Gasteiger partial charge is 0.411 e. The minimum Gasteiger partial charge on any atom is -0.411 e. The zero-order valence-corrected chi connectivity index (χ0v) is 17.0. The van der Waals surface area contributed by atoms with E-state index in [4.69, 9.17) is 9.15 Å². The van der Waals surface area contributed by atoms with Gasteiger partial charge in [0.1, 0.15) is 5.25 Å². The summed E-state index contributed by atoms with van der Waals surface area (Å²) >= 11 is 1.28. The van der Waals surface area contributed by atoms with Crippen LogP contribution >= 0.6 is 11.8 Å². The number of aromatic nitrogens is 3. The highest BCUT2D eigenvalue weighted by Crippen LogP contribution is 2.38. The number of thioether (sulfide) groups is 1. The Kier molecular flexibility index (Phi) is 5.25. The molecule has 0 saturated carbocycles. The number of H-pyrrole nitrogens is 1. The maximum absolute atomic E-state index is 13.3. The summed E-state index contributed by atoms with van der Waals surface area (Å²) in [5.41, 5.74) is 2.76. The second kappa shape index (κ2) is 8.33. The fourth-order valence-electron chi connectivity index (χ4n) is 3.55. The molecule has 1 unspecified atom stereocenters. The molecular formula is C22H20N4O3S. The molecule has 1 atom stereocenters. The van der Waals surface area contributed by atoms with Crippen LogP contribution in [-0.2, 0) is 9.53 Å². The van der Waals surface area contributed by atoms with Gasteiger partial charge in [-0.15, -0.1) is 10.2 Å². The van der Waals surface area contributed by atoms with E-state index >= 15 is 0 Å². The van der Waals surface area contributed by atoms with Gasteiger partial charge in [-0.25, -0.2) is 0 Å². The lowest BCUT2D eigenvalue weighted by Gasteiger charge is -2.29. The van der Waals surface area contributed by atoms with Gasteiger partial charge in [-0.3, -0.25) is 4.79 Å². The van der Waals surface area contributed by atoms with Gasteiger partial charge in [-0.05, 0) is 23.4 Å². The van der Waals surface area contributed by atoms with Crippen LogP contribution in [0, 0.1) is 0 Å². The van der Waals surface area contributed by atoms with E-state index in [2.05, 4.69) is 15.2 Å². The molecule has 5 rings (SSSR count). The topological polar surface area (TPSA) is 84.2 Å². The molecule has 8 heteroatoms. The monoisotopic (exact) mass is 420 g/mol. The summed E-state index contributed by atoms with van der Waals surface area (Å²) in [6, 6.07) is 17.6. The van der Waals surface area contributed by atoms with Crippen molar-refractivity contribution in [1.82, 2.24) is 20.1 Å². The van der Waals surface area contributed by atoms with Gasteiger partial charge in [0, 0.05) is 30.2 Å². The number of carbonyl (C=O) groups excluding carboxylic acids is 1. The standard InChI is InChI=1S/C22H20N4O3S/c27-21(26-10-12-28-13-11-26)19(15-6-2-1-3-7-15)30-22-25-24-20(29-22)17-14-23-18-9-5-4-8-16(17)18/h1-9,14,19,23H,10-13H2. The minimum atomic E-state index is -0.458. The molecule has 0 aliphatic carbocycles. The van der Waals surface area contributed by atoms with E-state index in [1.54, 1.807) is 0 Å². The van der Waals surface area contributed by atoms with Crippen molar-refractivity contribution in [3.63, 3.8) is 0 Å². The van der Waals surface area contributed by atoms with Gasteiger partial charge in [-0.1, -0.05) is 48.5 Å². The van der Waals surface area contributed by atoms with Crippen LogP contribution in [-0.4, -0.2) is 52.3 Å². The van der Waals surface area contributed by atoms with Crippen molar-refractivity contribution in [2.45, 2.75) is 10.5 Å². The van der Waals surface area contributed by atoms with Crippen molar-refractivity contribution in [3.8, 4) is 11.5 Å². The number of amides is 1. The Morgan fingerprint density at radius 1 is 1.03 bits per heavy atom. The van der Waals surface area contributed by atoms with Crippen LogP contribution in [0.15, 0.2) is 70.4 Å². The lowest BCUT2D eigenvalue weighted by Crippen LogP contribution is -2.42. The van der Waals surface area contributed by atoms with Crippen LogP contribution in [0.5, 0.6) is 0 Å². The molecule has 4 aromatic rings. The fraction of sp³-hybridized carbons (Fsp3) is 0.227. The highest BCUT2D eigenvalue weighted by molar-refractivity contribution is 8.00. The average Bonchev–Trinajstić information content (AvgIpc) is 3.45. The molecular weight excluding hydrogens is 400 g/mol. The Balaban J connectivity index is 1.43. The van der Waals surface area contributed by atoms with E-state index in [1.807, 2.05) is 65.7 Å². The number of hydrogen-bond acceptors (Lipinski definition) is 6. The van der Waals surface area contributed by atoms with Crippen molar-refractivity contribution < 1.29 is 13.9 Å². The summed E-state index contributed by atoms with van der Waals surface area (Å²) in [5.74, 6) is 0.460. The van der Waals surface area contributed by atoms with Crippen molar-refractivity contribution >= 4 is 28.6 Å². The van der Waals surface area contributed by atoms with Gasteiger partial charge >= 0.3 is 0 Å². The van der Waals surface area contributed by atoms with Gasteiger partial charge in [0.2, 0.25) is 5.91 Å². The molecule has 3 heterocycles. The normalized spacial score (nSPS) is 15.4. The average molecular weight is 420 g/mol. The van der Waals surface area contributed by atoms with Crippen LogP contribution in [0.1, 0.15) is 10.8 Å². The van der Waals surface area contributed by atoms with Gasteiger partial charge < -0.3 is 19.0 Å². The molecule has 1 aliphatic heterocycles. The molecule has 2 aromatic heterocycles. The lowest BCUT2D eigenvalue weighted by atomic mass is 10.1. The first-order valence-electron chi connectivity index (χ1n) is 9.78. The molecule has 0 bridgehead atoms. The highest BCUT2D eigenvalue weighted by Gasteiger charge is 2.30. The summed E-state index contributed by atoms with van der Waals surface area (Å²) in [7, 11) is 0. The second-order valence-electron chi connectivity index (χ2n) is 6.97. The molecule has 1 N–H and O–H groups in total. The zero-order chi connectivity index (χ0) is 20.3. The van der Waals surface area contributed by atoms with Crippen molar-refractivity contribution in [2.24, 2.45) is 0 Å². The molecule has 1 fully saturated rings. The molecule has 1 amide bonds. The Morgan fingerprint density at radius 3 is 2.63 bits per heavy atom. The number of benzene rings is 2. The lowest BCUT2D eigenvalue weighted by molar-refractivity contribution is -0.134. The highest BCUT2D eigenvalue weighted by atomic mass is 32.2. The number of fused-ring (bicyclic) bond motifs is 1. The number of morpholine rings is 1. The molecule has 0 radical (unpaired) electrons. The second-order valence-corrected chi connectivity index (χ2v) is 8.02. The molecule has 1 aliphatic rings. The Labute approximate surface area is 177 Å². The molecule has 2 aromatic carbocycles. The fourth-order valence-corrected chi connectivity index (χ4v) is 4.51. The number of rotatable bonds is 5. The Hall–Kier alpha value is -3.10. The molecule has 30 heavy (non-hydrogen) atoms. The van der Waals surface area contributed by atoms with Crippen LogP contribution in [0.25, 0.3) is 22.4 Å². The molecule has 0 spiro atoms. The summed E-state index contributed by atoms with van der Waals surface area (Å²) in [6.07, 6.45) is 1.86. The van der Waals surface area contributed by atoms with E-state index in [0.717, 1.165) is 22.0 Å². The number of carbonyl (C=O) groups is 1. The van der Waals surface area contributed by atoms with E-state index in [-0.39, 0.29) is 5.91 Å². The third kappa shape index (κ3) is 3.71. The number of aromatic amines is 1. The first kappa shape index (κ1) is 18.9. The molecule has 1 saturated heterocycles.